The van der Waals surface area contributed by atoms with Gasteiger partial charge in [-0.05, 0) is 68.8 Å². The molecule has 3 aromatic rings. The number of alkyl halides is 3. The molecule has 0 bridgehead atoms. The van der Waals surface area contributed by atoms with Crippen LogP contribution < -0.4 is 9.47 Å². The van der Waals surface area contributed by atoms with Gasteiger partial charge in [0.05, 0.1) is 16.9 Å². The number of rotatable bonds is 7. The third-order valence-electron chi connectivity index (χ3n) is 4.64. The smallest absolute Gasteiger partial charge is 0.416 e. The van der Waals surface area contributed by atoms with Gasteiger partial charge in [0.2, 0.25) is 0 Å². The van der Waals surface area contributed by atoms with Crippen molar-refractivity contribution in [2.45, 2.75) is 33.1 Å². The van der Waals surface area contributed by atoms with Crippen LogP contribution in [-0.2, 0) is 11.0 Å². The van der Waals surface area contributed by atoms with Gasteiger partial charge in [0.15, 0.2) is 6.61 Å². The average Bonchev–Trinajstić information content (AvgIpc) is 3.08. The summed E-state index contributed by atoms with van der Waals surface area (Å²) in [5, 5.41) is 13.1. The van der Waals surface area contributed by atoms with Crippen molar-refractivity contribution >= 4 is 5.97 Å². The first-order valence-electron chi connectivity index (χ1n) is 9.40. The lowest BCUT2D eigenvalue weighted by Crippen LogP contribution is -2.10. The first-order valence-corrected chi connectivity index (χ1v) is 9.40. The number of carbonyl (C=O) groups is 1. The summed E-state index contributed by atoms with van der Waals surface area (Å²) in [6, 6.07) is 9.82. The Morgan fingerprint density at radius 2 is 1.84 bits per heavy atom. The highest BCUT2D eigenvalue weighted by Crippen LogP contribution is 2.31. The number of hydrogen-bond donors (Lipinski definition) is 1. The maximum Gasteiger partial charge on any atom is 0.416 e. The Kier molecular flexibility index (Phi) is 6.24. The molecule has 2 aromatic carbocycles. The zero-order valence-corrected chi connectivity index (χ0v) is 17.1. The van der Waals surface area contributed by atoms with Gasteiger partial charge in [-0.2, -0.15) is 18.3 Å². The lowest BCUT2D eigenvalue weighted by atomic mass is 10.1. The molecule has 0 saturated heterocycles. The van der Waals surface area contributed by atoms with E-state index in [4.69, 9.17) is 14.6 Å². The van der Waals surface area contributed by atoms with Gasteiger partial charge in [0, 0.05) is 11.8 Å². The van der Waals surface area contributed by atoms with E-state index in [1.807, 2.05) is 6.92 Å². The normalized spacial score (nSPS) is 12.5. The van der Waals surface area contributed by atoms with Crippen molar-refractivity contribution in [2.24, 2.45) is 0 Å². The molecule has 0 saturated carbocycles. The van der Waals surface area contributed by atoms with Crippen LogP contribution in [0.1, 0.15) is 35.4 Å². The van der Waals surface area contributed by atoms with E-state index in [1.165, 1.54) is 16.8 Å². The minimum Gasteiger partial charge on any atom is -0.486 e. The molecule has 0 aliphatic carbocycles. The van der Waals surface area contributed by atoms with Gasteiger partial charge in [0.1, 0.15) is 17.6 Å². The van der Waals surface area contributed by atoms with Crippen molar-refractivity contribution in [2.75, 3.05) is 6.61 Å². The summed E-state index contributed by atoms with van der Waals surface area (Å²) in [4.78, 5) is 10.6. The van der Waals surface area contributed by atoms with Gasteiger partial charge in [0.25, 0.3) is 0 Å². The second-order valence-corrected chi connectivity index (χ2v) is 7.03. The Morgan fingerprint density at radius 3 is 2.42 bits per heavy atom. The Hall–Kier alpha value is -3.49. The van der Waals surface area contributed by atoms with Crippen molar-refractivity contribution in [3.63, 3.8) is 0 Å². The molecule has 0 spiro atoms. The monoisotopic (exact) mass is 434 g/mol. The van der Waals surface area contributed by atoms with Crippen molar-refractivity contribution in [1.29, 1.82) is 0 Å². The van der Waals surface area contributed by atoms with Gasteiger partial charge in [-0.3, -0.25) is 0 Å². The molecule has 6 nitrogen and oxygen atoms in total. The Bertz CT molecular complexity index is 1080. The van der Waals surface area contributed by atoms with E-state index in [-0.39, 0.29) is 6.10 Å². The molecule has 0 aliphatic heterocycles. The Morgan fingerprint density at radius 1 is 1.16 bits per heavy atom. The number of ether oxygens (including phenoxy) is 2. The summed E-state index contributed by atoms with van der Waals surface area (Å²) in [6.45, 7) is 4.98. The van der Waals surface area contributed by atoms with E-state index < -0.39 is 24.3 Å². The third kappa shape index (κ3) is 5.36. The molecule has 0 unspecified atom stereocenters. The largest absolute Gasteiger partial charge is 0.486 e. The van der Waals surface area contributed by atoms with Gasteiger partial charge >= 0.3 is 12.1 Å². The molecule has 1 atom stereocenters. The fourth-order valence-electron chi connectivity index (χ4n) is 3.07. The van der Waals surface area contributed by atoms with Crippen LogP contribution in [0.5, 0.6) is 11.5 Å². The maximum absolute atomic E-state index is 12.8. The molecule has 164 valence electrons. The number of carboxylic acids is 1. The molecular formula is C22H21F3N2O4. The fraction of sp³-hybridized carbons (Fsp3) is 0.273. The molecule has 0 radical (unpaired) electrons. The van der Waals surface area contributed by atoms with Gasteiger partial charge in [-0.15, -0.1) is 0 Å². The van der Waals surface area contributed by atoms with Crippen LogP contribution >= 0.6 is 0 Å². The minimum atomic E-state index is -4.39. The summed E-state index contributed by atoms with van der Waals surface area (Å²) >= 11 is 0. The van der Waals surface area contributed by atoms with Crippen LogP contribution in [-0.4, -0.2) is 27.5 Å². The molecule has 1 aromatic heterocycles. The molecule has 1 heterocycles. The zero-order chi connectivity index (χ0) is 22.8. The second-order valence-electron chi connectivity index (χ2n) is 7.03. The summed E-state index contributed by atoms with van der Waals surface area (Å²) < 4.78 is 51.0. The second kappa shape index (κ2) is 8.71. The van der Waals surface area contributed by atoms with Crippen molar-refractivity contribution < 1.29 is 32.5 Å². The zero-order valence-electron chi connectivity index (χ0n) is 17.1. The number of benzene rings is 2. The van der Waals surface area contributed by atoms with Crippen molar-refractivity contribution in [3.05, 3.63) is 71.0 Å². The van der Waals surface area contributed by atoms with E-state index in [1.54, 1.807) is 38.2 Å². The van der Waals surface area contributed by atoms with Gasteiger partial charge in [-0.25, -0.2) is 9.48 Å². The number of aromatic nitrogens is 2. The Labute approximate surface area is 176 Å². The lowest BCUT2D eigenvalue weighted by molar-refractivity contribution is -0.139. The molecule has 9 heteroatoms. The number of aryl methyl sites for hydroxylation is 2. The molecule has 0 aliphatic rings. The maximum atomic E-state index is 12.8. The number of halogens is 3. The molecule has 1 N–H and O–H groups in total. The standard InChI is InChI=1S/C22H21F3N2O4/c1-13-10-18(8-9-20(13)30-12-21(28)29)31-15(3)19-11-27(26-14(19)2)17-6-4-16(5-7-17)22(23,24)25/h4-11,15H,12H2,1-3H3,(H,28,29)/t15-/m1/s1. The first-order chi connectivity index (χ1) is 14.5. The summed E-state index contributed by atoms with van der Waals surface area (Å²) in [5.41, 5.74) is 1.98. The topological polar surface area (TPSA) is 73.6 Å². The van der Waals surface area contributed by atoms with Gasteiger partial charge < -0.3 is 14.6 Å². The minimum absolute atomic E-state index is 0.381. The summed E-state index contributed by atoms with van der Waals surface area (Å²) in [7, 11) is 0. The molecule has 31 heavy (non-hydrogen) atoms. The third-order valence-corrected chi connectivity index (χ3v) is 4.64. The van der Waals surface area contributed by atoms with Crippen LogP contribution in [0.4, 0.5) is 13.2 Å². The van der Waals surface area contributed by atoms with Crippen molar-refractivity contribution in [3.8, 4) is 17.2 Å². The van der Waals surface area contributed by atoms with Crippen LogP contribution in [0.15, 0.2) is 48.7 Å². The van der Waals surface area contributed by atoms with E-state index in [0.29, 0.717) is 22.9 Å². The lowest BCUT2D eigenvalue weighted by Gasteiger charge is -2.15. The SMILES string of the molecule is Cc1cc(O[C@H](C)c2cn(-c3ccc(C(F)(F)F)cc3)nc2C)ccc1OCC(=O)O. The fourth-order valence-corrected chi connectivity index (χ4v) is 3.07. The summed E-state index contributed by atoms with van der Waals surface area (Å²) in [6.07, 6.45) is -3.05. The number of nitrogens with zero attached hydrogens (tertiary/aromatic N) is 2. The average molecular weight is 434 g/mol. The number of hydrogen-bond acceptors (Lipinski definition) is 4. The predicted molar refractivity (Wildman–Crippen MR) is 107 cm³/mol. The molecule has 0 amide bonds. The quantitative estimate of drug-likeness (QED) is 0.559. The van der Waals surface area contributed by atoms with Crippen LogP contribution in [0, 0.1) is 13.8 Å². The van der Waals surface area contributed by atoms with E-state index in [9.17, 15) is 18.0 Å². The first kappa shape index (κ1) is 22.2. The molecule has 0 fully saturated rings. The summed E-state index contributed by atoms with van der Waals surface area (Å²) in [5.74, 6) is -0.0445. The highest BCUT2D eigenvalue weighted by molar-refractivity contribution is 5.68. The highest BCUT2D eigenvalue weighted by atomic mass is 19.4. The molecular weight excluding hydrogens is 413 g/mol. The van der Waals surface area contributed by atoms with Crippen LogP contribution in [0.3, 0.4) is 0 Å². The van der Waals surface area contributed by atoms with E-state index in [2.05, 4.69) is 5.10 Å². The van der Waals surface area contributed by atoms with Gasteiger partial charge in [-0.1, -0.05) is 0 Å². The Balaban J connectivity index is 1.74. The van der Waals surface area contributed by atoms with Crippen LogP contribution in [0.25, 0.3) is 5.69 Å². The highest BCUT2D eigenvalue weighted by Gasteiger charge is 2.30. The van der Waals surface area contributed by atoms with E-state index in [0.717, 1.165) is 23.3 Å². The van der Waals surface area contributed by atoms with Crippen molar-refractivity contribution in [1.82, 2.24) is 9.78 Å². The predicted octanol–water partition coefficient (Wildman–Crippen LogP) is 5.11. The van der Waals surface area contributed by atoms with Crippen LogP contribution in [0.2, 0.25) is 0 Å². The van der Waals surface area contributed by atoms with E-state index >= 15 is 0 Å². The number of carboxylic acid groups (broad SMARTS) is 1. The molecule has 3 rings (SSSR count). The number of aliphatic carboxylic acids is 1.